The molecule has 0 aromatic carbocycles. The van der Waals surface area contributed by atoms with Crippen LogP contribution in [0.2, 0.25) is 0 Å². The lowest BCUT2D eigenvalue weighted by Gasteiger charge is -2.26. The Bertz CT molecular complexity index is 183. The van der Waals surface area contributed by atoms with Crippen molar-refractivity contribution in [2.24, 2.45) is 5.92 Å². The first-order valence-corrected chi connectivity index (χ1v) is 5.37. The van der Waals surface area contributed by atoms with E-state index in [0.29, 0.717) is 0 Å². The van der Waals surface area contributed by atoms with Gasteiger partial charge in [0.15, 0.2) is 0 Å². The maximum absolute atomic E-state index is 11.4. The summed E-state index contributed by atoms with van der Waals surface area (Å²) < 4.78 is 0. The highest BCUT2D eigenvalue weighted by molar-refractivity contribution is 5.82. The molecule has 3 nitrogen and oxygen atoms in total. The van der Waals surface area contributed by atoms with E-state index in [-0.39, 0.29) is 11.9 Å². The number of hydrogen-bond donors (Lipinski definition) is 2. The van der Waals surface area contributed by atoms with Crippen LogP contribution in [0.25, 0.3) is 0 Å². The minimum atomic E-state index is 0.112. The average molecular weight is 182 g/mol. The van der Waals surface area contributed by atoms with Gasteiger partial charge in [-0.1, -0.05) is 12.8 Å². The SMILES string of the molecule is O=C(NCC1CCCC1)[C@H]1CCN1. The molecule has 2 N–H and O–H groups in total. The standard InChI is InChI=1S/C10H18N2O/c13-10(9-5-6-11-9)12-7-8-3-1-2-4-8/h8-9,11H,1-7H2,(H,12,13)/t9-/m1/s1. The van der Waals surface area contributed by atoms with Crippen molar-refractivity contribution in [1.82, 2.24) is 10.6 Å². The Hall–Kier alpha value is -0.570. The molecular formula is C10H18N2O. The van der Waals surface area contributed by atoms with Crippen molar-refractivity contribution >= 4 is 5.91 Å². The summed E-state index contributed by atoms with van der Waals surface area (Å²) in [6, 6.07) is 0.112. The van der Waals surface area contributed by atoms with Crippen LogP contribution in [0.5, 0.6) is 0 Å². The van der Waals surface area contributed by atoms with Crippen molar-refractivity contribution in [2.75, 3.05) is 13.1 Å². The molecule has 0 bridgehead atoms. The third kappa shape index (κ3) is 2.21. The molecule has 0 unspecified atom stereocenters. The molecule has 1 saturated carbocycles. The summed E-state index contributed by atoms with van der Waals surface area (Å²) in [5, 5.41) is 6.13. The zero-order valence-corrected chi connectivity index (χ0v) is 8.01. The quantitative estimate of drug-likeness (QED) is 0.673. The van der Waals surface area contributed by atoms with E-state index in [1.54, 1.807) is 0 Å². The van der Waals surface area contributed by atoms with Crippen LogP contribution in [0.3, 0.4) is 0 Å². The first kappa shape index (κ1) is 9.00. The normalized spacial score (nSPS) is 28.5. The Balaban J connectivity index is 1.63. The molecule has 2 fully saturated rings. The van der Waals surface area contributed by atoms with Gasteiger partial charge in [0.1, 0.15) is 0 Å². The largest absolute Gasteiger partial charge is 0.354 e. The molecule has 1 heterocycles. The van der Waals surface area contributed by atoms with Gasteiger partial charge in [-0.15, -0.1) is 0 Å². The van der Waals surface area contributed by atoms with Crippen LogP contribution in [-0.4, -0.2) is 25.0 Å². The zero-order chi connectivity index (χ0) is 9.10. The van der Waals surface area contributed by atoms with Gasteiger partial charge in [-0.3, -0.25) is 4.79 Å². The predicted octanol–water partition coefficient (Wildman–Crippen LogP) is 0.655. The second kappa shape index (κ2) is 4.09. The summed E-state index contributed by atoms with van der Waals surface area (Å²) in [6.45, 7) is 1.90. The van der Waals surface area contributed by atoms with Gasteiger partial charge in [0.25, 0.3) is 0 Å². The van der Waals surface area contributed by atoms with E-state index in [1.165, 1.54) is 25.7 Å². The molecule has 0 radical (unpaired) electrons. The monoisotopic (exact) mass is 182 g/mol. The second-order valence-corrected chi connectivity index (χ2v) is 4.19. The number of hydrogen-bond acceptors (Lipinski definition) is 2. The number of rotatable bonds is 3. The minimum absolute atomic E-state index is 0.112. The van der Waals surface area contributed by atoms with Gasteiger partial charge in [-0.2, -0.15) is 0 Å². The fraction of sp³-hybridized carbons (Fsp3) is 0.900. The summed E-state index contributed by atoms with van der Waals surface area (Å²) in [5.74, 6) is 0.960. The van der Waals surface area contributed by atoms with Crippen LogP contribution >= 0.6 is 0 Å². The molecule has 1 amide bonds. The van der Waals surface area contributed by atoms with E-state index in [4.69, 9.17) is 0 Å². The summed E-state index contributed by atoms with van der Waals surface area (Å²) in [4.78, 5) is 11.4. The maximum atomic E-state index is 11.4. The third-order valence-electron chi connectivity index (χ3n) is 3.18. The summed E-state index contributed by atoms with van der Waals surface area (Å²) in [7, 11) is 0. The summed E-state index contributed by atoms with van der Waals surface area (Å²) >= 11 is 0. The van der Waals surface area contributed by atoms with Gasteiger partial charge in [0.2, 0.25) is 5.91 Å². The highest BCUT2D eigenvalue weighted by Gasteiger charge is 2.25. The van der Waals surface area contributed by atoms with E-state index in [1.807, 2.05) is 0 Å². The van der Waals surface area contributed by atoms with Gasteiger partial charge in [-0.25, -0.2) is 0 Å². The van der Waals surface area contributed by atoms with Crippen LogP contribution in [0.1, 0.15) is 32.1 Å². The molecule has 2 rings (SSSR count). The predicted molar refractivity (Wildman–Crippen MR) is 51.4 cm³/mol. The average Bonchev–Trinajstić information content (AvgIpc) is 2.49. The molecule has 1 saturated heterocycles. The van der Waals surface area contributed by atoms with Crippen molar-refractivity contribution in [3.8, 4) is 0 Å². The van der Waals surface area contributed by atoms with Crippen molar-refractivity contribution in [3.05, 3.63) is 0 Å². The van der Waals surface area contributed by atoms with E-state index < -0.39 is 0 Å². The highest BCUT2D eigenvalue weighted by atomic mass is 16.2. The Kier molecular flexibility index (Phi) is 2.83. The topological polar surface area (TPSA) is 41.1 Å². The van der Waals surface area contributed by atoms with Crippen LogP contribution in [-0.2, 0) is 4.79 Å². The first-order valence-electron chi connectivity index (χ1n) is 5.37. The molecule has 3 heteroatoms. The molecule has 0 spiro atoms. The zero-order valence-electron chi connectivity index (χ0n) is 8.01. The number of carbonyl (C=O) groups is 1. The molecule has 13 heavy (non-hydrogen) atoms. The molecule has 1 atom stereocenters. The molecule has 2 aliphatic rings. The smallest absolute Gasteiger partial charge is 0.237 e. The Labute approximate surface area is 79.3 Å². The van der Waals surface area contributed by atoms with Crippen LogP contribution < -0.4 is 10.6 Å². The Morgan fingerprint density at radius 1 is 1.31 bits per heavy atom. The van der Waals surface area contributed by atoms with Gasteiger partial charge in [0.05, 0.1) is 6.04 Å². The molecule has 1 aliphatic heterocycles. The summed E-state index contributed by atoms with van der Waals surface area (Å²) in [6.07, 6.45) is 6.32. The van der Waals surface area contributed by atoms with E-state index in [2.05, 4.69) is 10.6 Å². The molecule has 0 aromatic rings. The Morgan fingerprint density at radius 3 is 2.54 bits per heavy atom. The number of carbonyl (C=O) groups excluding carboxylic acids is 1. The Morgan fingerprint density at radius 2 is 2.00 bits per heavy atom. The fourth-order valence-corrected chi connectivity index (χ4v) is 2.10. The number of amides is 1. The van der Waals surface area contributed by atoms with Crippen molar-refractivity contribution in [3.63, 3.8) is 0 Å². The van der Waals surface area contributed by atoms with Gasteiger partial charge >= 0.3 is 0 Å². The third-order valence-corrected chi connectivity index (χ3v) is 3.18. The summed E-state index contributed by atoms with van der Waals surface area (Å²) in [5.41, 5.74) is 0. The molecule has 1 aliphatic carbocycles. The van der Waals surface area contributed by atoms with Gasteiger partial charge in [-0.05, 0) is 31.7 Å². The molecule has 74 valence electrons. The fourth-order valence-electron chi connectivity index (χ4n) is 2.10. The van der Waals surface area contributed by atoms with E-state index >= 15 is 0 Å². The van der Waals surface area contributed by atoms with Gasteiger partial charge < -0.3 is 10.6 Å². The van der Waals surface area contributed by atoms with Crippen LogP contribution in [0, 0.1) is 5.92 Å². The highest BCUT2D eigenvalue weighted by Crippen LogP contribution is 2.23. The number of nitrogens with one attached hydrogen (secondary N) is 2. The maximum Gasteiger partial charge on any atom is 0.237 e. The molecule has 0 aromatic heterocycles. The van der Waals surface area contributed by atoms with Crippen molar-refractivity contribution < 1.29 is 4.79 Å². The van der Waals surface area contributed by atoms with Crippen molar-refractivity contribution in [2.45, 2.75) is 38.1 Å². The van der Waals surface area contributed by atoms with Crippen LogP contribution in [0.15, 0.2) is 0 Å². The van der Waals surface area contributed by atoms with E-state index in [9.17, 15) is 4.79 Å². The lowest BCUT2D eigenvalue weighted by atomic mass is 10.1. The first-order chi connectivity index (χ1) is 6.36. The lowest BCUT2D eigenvalue weighted by molar-refractivity contribution is -0.124. The van der Waals surface area contributed by atoms with E-state index in [0.717, 1.165) is 25.4 Å². The molecular weight excluding hydrogens is 164 g/mol. The minimum Gasteiger partial charge on any atom is -0.354 e. The second-order valence-electron chi connectivity index (χ2n) is 4.19. The lowest BCUT2D eigenvalue weighted by Crippen LogP contribution is -2.53. The van der Waals surface area contributed by atoms with Gasteiger partial charge in [0, 0.05) is 6.54 Å². The van der Waals surface area contributed by atoms with Crippen LogP contribution in [0.4, 0.5) is 0 Å². The van der Waals surface area contributed by atoms with Crippen molar-refractivity contribution in [1.29, 1.82) is 0 Å².